The molecule has 2 rings (SSSR count). The van der Waals surface area contributed by atoms with Crippen LogP contribution in [0.2, 0.25) is 0 Å². The van der Waals surface area contributed by atoms with Gasteiger partial charge in [-0.25, -0.2) is 9.59 Å². The van der Waals surface area contributed by atoms with E-state index in [0.29, 0.717) is 0 Å². The summed E-state index contributed by atoms with van der Waals surface area (Å²) in [5.41, 5.74) is 8.82. The molecule has 0 bridgehead atoms. The maximum Gasteiger partial charge on any atom is 0.407 e. The SMILES string of the molecule is COc1ccc(COCC2OCC(NC(=O)CCNC(=O)OC(C)(C)C)C(OCC(=O)OC(C)(C)C)C2N=[N+]=[N-])cc1. The van der Waals surface area contributed by atoms with Crippen LogP contribution >= 0.6 is 0 Å². The van der Waals surface area contributed by atoms with Crippen LogP contribution in [0.25, 0.3) is 10.4 Å². The van der Waals surface area contributed by atoms with Crippen molar-refractivity contribution in [2.24, 2.45) is 5.11 Å². The van der Waals surface area contributed by atoms with Crippen molar-refractivity contribution in [3.63, 3.8) is 0 Å². The van der Waals surface area contributed by atoms with Gasteiger partial charge in [-0.05, 0) is 64.8 Å². The summed E-state index contributed by atoms with van der Waals surface area (Å²) in [6.07, 6.45) is -2.35. The van der Waals surface area contributed by atoms with Crippen molar-refractivity contribution in [1.29, 1.82) is 0 Å². The Labute approximate surface area is 246 Å². The fraction of sp³-hybridized carbons (Fsp3) is 0.679. The van der Waals surface area contributed by atoms with Crippen molar-refractivity contribution in [2.45, 2.75) is 90.1 Å². The Bertz CT molecular complexity index is 1080. The lowest BCUT2D eigenvalue weighted by atomic mass is 9.95. The van der Waals surface area contributed by atoms with Crippen LogP contribution in [0.1, 0.15) is 53.5 Å². The number of nitrogens with one attached hydrogen (secondary N) is 2. The number of alkyl carbamates (subject to hydrolysis) is 1. The predicted molar refractivity (Wildman–Crippen MR) is 152 cm³/mol. The van der Waals surface area contributed by atoms with E-state index in [1.54, 1.807) is 48.7 Å². The standard InChI is InChI=1S/C28H43N5O9/c1-27(2,3)41-23(35)17-40-25-20(31-22(34)12-13-30-26(36)42-28(4,5)6)15-39-21(24(25)32-33-29)16-38-14-18-8-10-19(37-7)11-9-18/h8-11,20-21,24-25H,12-17H2,1-7H3,(H,30,36)(H,31,34). The van der Waals surface area contributed by atoms with E-state index in [-0.39, 0.29) is 32.8 Å². The van der Waals surface area contributed by atoms with E-state index in [1.807, 2.05) is 24.3 Å². The number of nitrogens with zero attached hydrogens (tertiary/aromatic N) is 3. The van der Waals surface area contributed by atoms with Gasteiger partial charge in [0, 0.05) is 17.9 Å². The van der Waals surface area contributed by atoms with Gasteiger partial charge < -0.3 is 39.1 Å². The number of benzene rings is 1. The van der Waals surface area contributed by atoms with E-state index in [0.717, 1.165) is 11.3 Å². The zero-order chi connectivity index (χ0) is 31.3. The molecule has 14 heteroatoms. The fourth-order valence-electron chi connectivity index (χ4n) is 3.98. The first-order valence-electron chi connectivity index (χ1n) is 13.7. The Morgan fingerprint density at radius 2 is 1.74 bits per heavy atom. The molecule has 1 aliphatic rings. The van der Waals surface area contributed by atoms with Crippen molar-refractivity contribution in [3.05, 3.63) is 40.3 Å². The van der Waals surface area contributed by atoms with Gasteiger partial charge in [0.25, 0.3) is 0 Å². The Balaban J connectivity index is 2.07. The monoisotopic (exact) mass is 593 g/mol. The van der Waals surface area contributed by atoms with E-state index in [2.05, 4.69) is 20.7 Å². The van der Waals surface area contributed by atoms with Gasteiger partial charge in [-0.3, -0.25) is 4.79 Å². The molecule has 1 fully saturated rings. The third kappa shape index (κ3) is 12.9. The second-order valence-corrected chi connectivity index (χ2v) is 11.6. The molecule has 0 radical (unpaired) electrons. The predicted octanol–water partition coefficient (Wildman–Crippen LogP) is 3.42. The lowest BCUT2D eigenvalue weighted by Gasteiger charge is -2.40. The van der Waals surface area contributed by atoms with Crippen LogP contribution in [-0.4, -0.2) is 86.9 Å². The minimum atomic E-state index is -0.938. The lowest BCUT2D eigenvalue weighted by molar-refractivity contribution is -0.170. The summed E-state index contributed by atoms with van der Waals surface area (Å²) >= 11 is 0. The molecule has 2 N–H and O–H groups in total. The molecule has 234 valence electrons. The number of rotatable bonds is 13. The number of hydrogen-bond acceptors (Lipinski definition) is 10. The minimum Gasteiger partial charge on any atom is -0.497 e. The second kappa shape index (κ2) is 16.2. The number of carbonyl (C=O) groups excluding carboxylic acids is 3. The van der Waals surface area contributed by atoms with Crippen LogP contribution in [0, 0.1) is 0 Å². The number of ether oxygens (including phenoxy) is 6. The molecule has 1 aromatic rings. The first-order chi connectivity index (χ1) is 19.7. The molecular formula is C28H43N5O9. The van der Waals surface area contributed by atoms with Crippen molar-refractivity contribution < 1.29 is 42.8 Å². The van der Waals surface area contributed by atoms with Gasteiger partial charge in [0.15, 0.2) is 0 Å². The maximum absolute atomic E-state index is 12.7. The summed E-state index contributed by atoms with van der Waals surface area (Å²) in [5, 5.41) is 9.20. The number of azide groups is 1. The molecule has 0 aliphatic carbocycles. The summed E-state index contributed by atoms with van der Waals surface area (Å²) in [6.45, 7) is 10.3. The van der Waals surface area contributed by atoms with Crippen molar-refractivity contribution in [3.8, 4) is 5.75 Å². The number of carbonyl (C=O) groups is 3. The van der Waals surface area contributed by atoms with Crippen LogP contribution in [-0.2, 0) is 39.9 Å². The number of methoxy groups -OCH3 is 1. The maximum atomic E-state index is 12.7. The number of esters is 1. The first-order valence-corrected chi connectivity index (χ1v) is 13.7. The number of hydrogen-bond donors (Lipinski definition) is 2. The summed E-state index contributed by atoms with van der Waals surface area (Å²) in [7, 11) is 1.58. The molecule has 0 aromatic heterocycles. The zero-order valence-corrected chi connectivity index (χ0v) is 25.4. The van der Waals surface area contributed by atoms with Crippen molar-refractivity contribution in [2.75, 3.05) is 33.5 Å². The molecule has 2 amide bonds. The van der Waals surface area contributed by atoms with Crippen LogP contribution in [0.4, 0.5) is 4.79 Å². The van der Waals surface area contributed by atoms with Crippen LogP contribution < -0.4 is 15.4 Å². The molecule has 4 unspecified atom stereocenters. The van der Waals surface area contributed by atoms with Gasteiger partial charge in [-0.1, -0.05) is 17.2 Å². The molecular weight excluding hydrogens is 550 g/mol. The Morgan fingerprint density at radius 3 is 2.33 bits per heavy atom. The second-order valence-electron chi connectivity index (χ2n) is 11.6. The van der Waals surface area contributed by atoms with Crippen LogP contribution in [0.3, 0.4) is 0 Å². The molecule has 1 aliphatic heterocycles. The van der Waals surface area contributed by atoms with Gasteiger partial charge >= 0.3 is 12.1 Å². The molecule has 0 saturated carbocycles. The third-order valence-corrected chi connectivity index (χ3v) is 5.68. The van der Waals surface area contributed by atoms with Crippen molar-refractivity contribution in [1.82, 2.24) is 10.6 Å². The average Bonchev–Trinajstić information content (AvgIpc) is 2.88. The summed E-state index contributed by atoms with van der Waals surface area (Å²) < 4.78 is 33.3. The highest BCUT2D eigenvalue weighted by atomic mass is 16.6. The van der Waals surface area contributed by atoms with E-state index >= 15 is 0 Å². The molecule has 14 nitrogen and oxygen atoms in total. The Morgan fingerprint density at radius 1 is 1.07 bits per heavy atom. The zero-order valence-electron chi connectivity index (χ0n) is 25.4. The molecule has 0 spiro atoms. The highest BCUT2D eigenvalue weighted by molar-refractivity contribution is 5.77. The van der Waals surface area contributed by atoms with Gasteiger partial charge in [0.1, 0.15) is 23.6 Å². The third-order valence-electron chi connectivity index (χ3n) is 5.68. The highest BCUT2D eigenvalue weighted by Crippen LogP contribution is 2.24. The Kier molecular flexibility index (Phi) is 13.3. The van der Waals surface area contributed by atoms with Crippen molar-refractivity contribution >= 4 is 18.0 Å². The van der Waals surface area contributed by atoms with Gasteiger partial charge in [0.05, 0.1) is 51.2 Å². The largest absolute Gasteiger partial charge is 0.497 e. The lowest BCUT2D eigenvalue weighted by Crippen LogP contribution is -2.60. The number of amides is 2. The summed E-state index contributed by atoms with van der Waals surface area (Å²) in [6, 6.07) is 5.65. The summed E-state index contributed by atoms with van der Waals surface area (Å²) in [5.74, 6) is -0.316. The van der Waals surface area contributed by atoms with Gasteiger partial charge in [-0.15, -0.1) is 0 Å². The molecule has 4 atom stereocenters. The minimum absolute atomic E-state index is 0.00176. The van der Waals surface area contributed by atoms with E-state index in [4.69, 9.17) is 28.4 Å². The topological polar surface area (TPSA) is 179 Å². The average molecular weight is 594 g/mol. The Hall–Kier alpha value is -3.58. The molecule has 42 heavy (non-hydrogen) atoms. The molecule has 1 saturated heterocycles. The normalized spacial score (nSPS) is 20.5. The molecule has 1 aromatic carbocycles. The van der Waals surface area contributed by atoms with E-state index in [1.165, 1.54) is 0 Å². The highest BCUT2D eigenvalue weighted by Gasteiger charge is 2.42. The fourth-order valence-corrected chi connectivity index (χ4v) is 3.98. The van der Waals surface area contributed by atoms with Crippen LogP contribution in [0.15, 0.2) is 29.4 Å². The smallest absolute Gasteiger partial charge is 0.407 e. The first kappa shape index (κ1) is 34.6. The van der Waals surface area contributed by atoms with E-state index < -0.39 is 60.1 Å². The van der Waals surface area contributed by atoms with Gasteiger partial charge in [0.2, 0.25) is 5.91 Å². The van der Waals surface area contributed by atoms with E-state index in [9.17, 15) is 19.9 Å². The quantitative estimate of drug-likeness (QED) is 0.150. The van der Waals surface area contributed by atoms with Crippen LogP contribution in [0.5, 0.6) is 5.75 Å². The van der Waals surface area contributed by atoms with Gasteiger partial charge in [-0.2, -0.15) is 0 Å². The summed E-state index contributed by atoms with van der Waals surface area (Å²) in [4.78, 5) is 40.0. The molecule has 1 heterocycles.